The van der Waals surface area contributed by atoms with Gasteiger partial charge in [-0.1, -0.05) is 41.4 Å². The molecule has 2 heterocycles. The number of pyridine rings is 1. The Hall–Kier alpha value is -1.98. The van der Waals surface area contributed by atoms with Gasteiger partial charge in [-0.2, -0.15) is 0 Å². The first-order chi connectivity index (χ1) is 11.6. The van der Waals surface area contributed by atoms with Crippen molar-refractivity contribution in [2.75, 3.05) is 36.4 Å². The van der Waals surface area contributed by atoms with Gasteiger partial charge in [-0.3, -0.25) is 0 Å². The molecule has 2 N–H and O–H groups in total. The lowest BCUT2D eigenvalue weighted by Crippen LogP contribution is -2.38. The second-order valence-corrected chi connectivity index (χ2v) is 6.44. The van der Waals surface area contributed by atoms with Crippen LogP contribution >= 0.6 is 23.2 Å². The molecule has 1 aliphatic rings. The highest BCUT2D eigenvalue weighted by Crippen LogP contribution is 2.32. The summed E-state index contributed by atoms with van der Waals surface area (Å²) in [7, 11) is 0. The van der Waals surface area contributed by atoms with E-state index in [1.54, 1.807) is 12.4 Å². The predicted molar refractivity (Wildman–Crippen MR) is 96.9 cm³/mol. The van der Waals surface area contributed by atoms with Gasteiger partial charge in [0.1, 0.15) is 10.0 Å². The first kappa shape index (κ1) is 16.9. The number of nitrogens with zero attached hydrogens (tertiary/aromatic N) is 2. The van der Waals surface area contributed by atoms with Gasteiger partial charge in [-0.05, 0) is 18.6 Å². The number of amides is 2. The number of aromatic nitrogens is 1. The minimum Gasteiger partial charge on any atom is -0.367 e. The lowest BCUT2D eigenvalue weighted by Gasteiger charge is -2.24. The van der Waals surface area contributed by atoms with Crippen LogP contribution in [0.5, 0.6) is 0 Å². The Morgan fingerprint density at radius 2 is 1.71 bits per heavy atom. The van der Waals surface area contributed by atoms with Crippen LogP contribution in [0.25, 0.3) is 0 Å². The zero-order chi connectivity index (χ0) is 16.9. The molecule has 0 aliphatic carbocycles. The van der Waals surface area contributed by atoms with Crippen LogP contribution in [0.3, 0.4) is 0 Å². The van der Waals surface area contributed by atoms with Gasteiger partial charge in [0, 0.05) is 31.9 Å². The summed E-state index contributed by atoms with van der Waals surface area (Å²) in [6.45, 7) is 2.80. The van der Waals surface area contributed by atoms with E-state index in [0.717, 1.165) is 24.3 Å². The topological polar surface area (TPSA) is 49.7 Å². The minimum absolute atomic E-state index is 0.0818. The fourth-order valence-corrected chi connectivity index (χ4v) is 3.43. The van der Waals surface area contributed by atoms with Crippen molar-refractivity contribution in [1.29, 1.82) is 0 Å². The molecule has 5 nitrogen and oxygen atoms in total. The Morgan fingerprint density at radius 3 is 2.42 bits per heavy atom. The number of benzene rings is 1. The smallest absolute Gasteiger partial charge is 0.321 e. The standard InChI is InChI=1S/C17H18Cl2N4O/c18-14-11-20-12-15(19)16(14)22-7-4-8-23(10-9-22)17(24)21-13-5-2-1-3-6-13/h1-3,5-6,11-12H,4,7-10H2,(H,21,24)/p+1. The second kappa shape index (κ2) is 7.73. The van der Waals surface area contributed by atoms with Crippen molar-refractivity contribution in [2.24, 2.45) is 0 Å². The molecule has 0 spiro atoms. The van der Waals surface area contributed by atoms with Crippen molar-refractivity contribution < 1.29 is 9.78 Å². The highest BCUT2D eigenvalue weighted by atomic mass is 35.5. The van der Waals surface area contributed by atoms with Gasteiger partial charge in [0.25, 0.3) is 0 Å². The third-order valence-electron chi connectivity index (χ3n) is 4.00. The van der Waals surface area contributed by atoms with Crippen molar-refractivity contribution in [3.8, 4) is 0 Å². The van der Waals surface area contributed by atoms with Gasteiger partial charge in [-0.25, -0.2) is 9.78 Å². The lowest BCUT2D eigenvalue weighted by atomic mass is 10.3. The summed E-state index contributed by atoms with van der Waals surface area (Å²) < 4.78 is 0. The number of aromatic amines is 1. The number of para-hydroxylation sites is 1. The third-order valence-corrected chi connectivity index (χ3v) is 4.57. The fourth-order valence-electron chi connectivity index (χ4n) is 2.81. The molecule has 2 aromatic rings. The van der Waals surface area contributed by atoms with Crippen LogP contribution in [0.2, 0.25) is 10.0 Å². The normalized spacial score (nSPS) is 15.1. The number of rotatable bonds is 2. The fraction of sp³-hybridized carbons (Fsp3) is 0.294. The zero-order valence-corrected chi connectivity index (χ0v) is 14.6. The molecule has 1 fully saturated rings. The zero-order valence-electron chi connectivity index (χ0n) is 13.1. The van der Waals surface area contributed by atoms with Crippen molar-refractivity contribution in [2.45, 2.75) is 6.42 Å². The van der Waals surface area contributed by atoms with Crippen LogP contribution in [0.1, 0.15) is 6.42 Å². The van der Waals surface area contributed by atoms with E-state index in [4.69, 9.17) is 23.2 Å². The molecule has 0 radical (unpaired) electrons. The number of hydrogen-bond donors (Lipinski definition) is 1. The Kier molecular flexibility index (Phi) is 5.43. The molecule has 1 saturated heterocycles. The van der Waals surface area contributed by atoms with E-state index in [-0.39, 0.29) is 6.03 Å². The van der Waals surface area contributed by atoms with Gasteiger partial charge >= 0.3 is 6.03 Å². The van der Waals surface area contributed by atoms with Gasteiger partial charge < -0.3 is 15.1 Å². The molecule has 7 heteroatoms. The predicted octanol–water partition coefficient (Wildman–Crippen LogP) is 3.55. The Morgan fingerprint density at radius 1 is 1.00 bits per heavy atom. The van der Waals surface area contributed by atoms with Gasteiger partial charge in [0.2, 0.25) is 0 Å². The maximum atomic E-state index is 12.4. The summed E-state index contributed by atoms with van der Waals surface area (Å²) in [5.74, 6) is 0. The van der Waals surface area contributed by atoms with Gasteiger partial charge in [-0.15, -0.1) is 0 Å². The average molecular weight is 366 g/mol. The summed E-state index contributed by atoms with van der Waals surface area (Å²) in [6.07, 6.45) is 4.29. The number of urea groups is 1. The van der Waals surface area contributed by atoms with Crippen molar-refractivity contribution in [3.05, 3.63) is 52.8 Å². The number of H-pyrrole nitrogens is 1. The summed E-state index contributed by atoms with van der Waals surface area (Å²) in [5.41, 5.74) is 1.62. The van der Waals surface area contributed by atoms with Crippen LogP contribution < -0.4 is 15.2 Å². The van der Waals surface area contributed by atoms with E-state index >= 15 is 0 Å². The monoisotopic (exact) mass is 365 g/mol. The quantitative estimate of drug-likeness (QED) is 0.884. The molecule has 3 rings (SSSR count). The van der Waals surface area contributed by atoms with E-state index in [1.807, 2.05) is 35.2 Å². The van der Waals surface area contributed by atoms with Crippen molar-refractivity contribution >= 4 is 40.6 Å². The highest BCUT2D eigenvalue weighted by molar-refractivity contribution is 6.38. The molecule has 0 unspecified atom stereocenters. The van der Waals surface area contributed by atoms with E-state index < -0.39 is 0 Å². The van der Waals surface area contributed by atoms with E-state index in [9.17, 15) is 4.79 Å². The van der Waals surface area contributed by atoms with Crippen LogP contribution in [-0.2, 0) is 0 Å². The Labute approximate surface area is 151 Å². The molecule has 126 valence electrons. The number of anilines is 2. The molecular weight excluding hydrogens is 347 g/mol. The van der Waals surface area contributed by atoms with E-state index in [0.29, 0.717) is 29.7 Å². The number of halogens is 2. The summed E-state index contributed by atoms with van der Waals surface area (Å²) in [6, 6.07) is 9.39. The first-order valence-electron chi connectivity index (χ1n) is 7.86. The molecule has 1 aromatic heterocycles. The van der Waals surface area contributed by atoms with E-state index in [2.05, 4.69) is 15.2 Å². The Balaban J connectivity index is 1.66. The maximum absolute atomic E-state index is 12.4. The van der Waals surface area contributed by atoms with Crippen LogP contribution in [0, 0.1) is 0 Å². The second-order valence-electron chi connectivity index (χ2n) is 5.62. The third kappa shape index (κ3) is 3.91. The summed E-state index contributed by atoms with van der Waals surface area (Å²) in [4.78, 5) is 19.3. The van der Waals surface area contributed by atoms with Gasteiger partial charge in [0.15, 0.2) is 12.4 Å². The van der Waals surface area contributed by atoms with Crippen LogP contribution in [-0.4, -0.2) is 37.1 Å². The molecule has 2 amide bonds. The number of nitrogens with one attached hydrogen (secondary N) is 2. The highest BCUT2D eigenvalue weighted by Gasteiger charge is 2.23. The first-order valence-corrected chi connectivity index (χ1v) is 8.62. The SMILES string of the molecule is O=C(Nc1ccccc1)N1CCCN(c2c(Cl)c[nH+]cc2Cl)CC1. The molecular formula is C17H19Cl2N4O+. The summed E-state index contributed by atoms with van der Waals surface area (Å²) >= 11 is 12.5. The molecule has 1 aromatic carbocycles. The lowest BCUT2D eigenvalue weighted by molar-refractivity contribution is -0.377. The number of carbonyl (C=O) groups is 1. The largest absolute Gasteiger partial charge is 0.367 e. The van der Waals surface area contributed by atoms with E-state index in [1.165, 1.54) is 0 Å². The van der Waals surface area contributed by atoms with Crippen LogP contribution in [0.15, 0.2) is 42.7 Å². The molecule has 1 aliphatic heterocycles. The van der Waals surface area contributed by atoms with Crippen LogP contribution in [0.4, 0.5) is 16.2 Å². The minimum atomic E-state index is -0.0818. The van der Waals surface area contributed by atoms with Crippen molar-refractivity contribution in [1.82, 2.24) is 4.90 Å². The number of carbonyl (C=O) groups excluding carboxylic acids is 1. The molecule has 24 heavy (non-hydrogen) atoms. The van der Waals surface area contributed by atoms with Gasteiger partial charge in [0.05, 0.1) is 5.69 Å². The van der Waals surface area contributed by atoms with Crippen molar-refractivity contribution in [3.63, 3.8) is 0 Å². The molecule has 0 bridgehead atoms. The molecule has 0 atom stereocenters. The maximum Gasteiger partial charge on any atom is 0.321 e. The number of hydrogen-bond acceptors (Lipinski definition) is 2. The Bertz CT molecular complexity index is 691. The summed E-state index contributed by atoms with van der Waals surface area (Å²) in [5, 5.41) is 4.10. The molecule has 0 saturated carbocycles. The average Bonchev–Trinajstić information content (AvgIpc) is 2.82.